The fourth-order valence-corrected chi connectivity index (χ4v) is 5.75. The third kappa shape index (κ3) is 8.38. The molecule has 9 heteroatoms. The zero-order valence-electron chi connectivity index (χ0n) is 25.3. The first-order valence-corrected chi connectivity index (χ1v) is 15.8. The molecule has 5 rings (SSSR count). The Balaban J connectivity index is 1.03. The van der Waals surface area contributed by atoms with Crippen molar-refractivity contribution in [3.05, 3.63) is 60.2 Å². The van der Waals surface area contributed by atoms with Gasteiger partial charge < -0.3 is 19.1 Å². The molecule has 0 bridgehead atoms. The number of carbonyl (C=O) groups excluding carboxylic acids is 2. The van der Waals surface area contributed by atoms with Gasteiger partial charge in [-0.3, -0.25) is 14.6 Å². The van der Waals surface area contributed by atoms with E-state index in [1.165, 1.54) is 21.4 Å². The van der Waals surface area contributed by atoms with Crippen molar-refractivity contribution in [2.24, 2.45) is 0 Å². The molecule has 2 aliphatic rings. The summed E-state index contributed by atoms with van der Waals surface area (Å²) in [6.07, 6.45) is 6.18. The van der Waals surface area contributed by atoms with Crippen LogP contribution in [-0.2, 0) is 20.7 Å². The lowest BCUT2D eigenvalue weighted by Crippen LogP contribution is -2.46. The number of hydrogen-bond donors (Lipinski definition) is 0. The highest BCUT2D eigenvalue weighted by Gasteiger charge is 2.27. The summed E-state index contributed by atoms with van der Waals surface area (Å²) in [7, 11) is 0. The van der Waals surface area contributed by atoms with Crippen LogP contribution >= 0.6 is 0 Å². The summed E-state index contributed by atoms with van der Waals surface area (Å²) in [4.78, 5) is 35.7. The van der Waals surface area contributed by atoms with Crippen molar-refractivity contribution in [3.8, 4) is 5.88 Å². The summed E-state index contributed by atoms with van der Waals surface area (Å²) in [6, 6.07) is 19.0. The Bertz CT molecular complexity index is 1350. The summed E-state index contributed by atoms with van der Waals surface area (Å²) >= 11 is 0. The molecule has 43 heavy (non-hydrogen) atoms. The second-order valence-corrected chi connectivity index (χ2v) is 11.3. The number of piperazine rings is 1. The van der Waals surface area contributed by atoms with Crippen molar-refractivity contribution in [2.45, 2.75) is 58.3 Å². The number of unbranched alkanes of at least 4 members (excludes halogenated alkanes) is 4. The van der Waals surface area contributed by atoms with E-state index >= 15 is 0 Å². The van der Waals surface area contributed by atoms with Gasteiger partial charge in [0.2, 0.25) is 11.8 Å². The molecule has 0 aliphatic carbocycles. The van der Waals surface area contributed by atoms with E-state index in [2.05, 4.69) is 64.2 Å². The third-order valence-electron chi connectivity index (χ3n) is 8.22. The van der Waals surface area contributed by atoms with Crippen LogP contribution in [-0.4, -0.2) is 74.6 Å². The average molecular weight is 589 g/mol. The molecular weight excluding hydrogens is 544 g/mol. The van der Waals surface area contributed by atoms with Gasteiger partial charge in [-0.25, -0.2) is 4.79 Å². The van der Waals surface area contributed by atoms with Crippen LogP contribution in [0.4, 0.5) is 16.3 Å². The second kappa shape index (κ2) is 15.6. The number of amides is 1. The molecule has 3 aromatic rings. The minimum absolute atomic E-state index is 0.131. The van der Waals surface area contributed by atoms with Gasteiger partial charge in [0.1, 0.15) is 5.82 Å². The molecule has 0 spiro atoms. The number of anilines is 2. The van der Waals surface area contributed by atoms with Crippen LogP contribution < -0.4 is 14.5 Å². The molecule has 0 unspecified atom stereocenters. The Morgan fingerprint density at radius 1 is 0.837 bits per heavy atom. The van der Waals surface area contributed by atoms with Gasteiger partial charge in [-0.15, -0.1) is 0 Å². The molecule has 0 radical (unpaired) electrons. The van der Waals surface area contributed by atoms with Crippen molar-refractivity contribution in [2.75, 3.05) is 62.5 Å². The molecule has 9 nitrogen and oxygen atoms in total. The lowest BCUT2D eigenvalue weighted by molar-refractivity contribution is -0.119. The van der Waals surface area contributed by atoms with Gasteiger partial charge in [-0.05, 0) is 55.3 Å². The molecule has 3 heterocycles. The fourth-order valence-electron chi connectivity index (χ4n) is 5.75. The second-order valence-electron chi connectivity index (χ2n) is 11.3. The Morgan fingerprint density at radius 2 is 1.65 bits per heavy atom. The largest absolute Gasteiger partial charge is 0.510 e. The molecule has 2 aromatic carbocycles. The summed E-state index contributed by atoms with van der Waals surface area (Å²) in [5, 5.41) is 2.61. The zero-order valence-corrected chi connectivity index (χ0v) is 25.3. The molecule has 1 saturated heterocycles. The maximum Gasteiger partial charge on any atom is 0.510 e. The molecule has 1 amide bonds. The van der Waals surface area contributed by atoms with E-state index in [0.29, 0.717) is 37.8 Å². The van der Waals surface area contributed by atoms with Crippen molar-refractivity contribution in [3.63, 3.8) is 0 Å². The van der Waals surface area contributed by atoms with E-state index in [0.717, 1.165) is 76.8 Å². The number of carbonyl (C=O) groups is 2. The number of hydrogen-bond acceptors (Lipinski definition) is 8. The first-order chi connectivity index (χ1) is 21.1. The first-order valence-electron chi connectivity index (χ1n) is 15.8. The molecule has 0 atom stereocenters. The van der Waals surface area contributed by atoms with Gasteiger partial charge in [-0.1, -0.05) is 62.6 Å². The molecule has 1 aromatic heterocycles. The SMILES string of the molecule is CCCCCCOC(=O)OCN1C(=O)CCc2ccc(OCCCCN3CCN(c4cccc5ccccc45)CC3)nc21. The van der Waals surface area contributed by atoms with Crippen LogP contribution in [0, 0.1) is 0 Å². The van der Waals surface area contributed by atoms with Gasteiger partial charge in [0.25, 0.3) is 0 Å². The number of ether oxygens (including phenoxy) is 3. The van der Waals surface area contributed by atoms with Gasteiger partial charge in [0, 0.05) is 49.7 Å². The number of fused-ring (bicyclic) bond motifs is 2. The molecule has 230 valence electrons. The van der Waals surface area contributed by atoms with E-state index in [1.54, 1.807) is 0 Å². The van der Waals surface area contributed by atoms with Crippen molar-refractivity contribution >= 4 is 34.3 Å². The predicted molar refractivity (Wildman–Crippen MR) is 169 cm³/mol. The number of pyridine rings is 1. The number of aromatic nitrogens is 1. The normalized spacial score (nSPS) is 15.4. The highest BCUT2D eigenvalue weighted by molar-refractivity contribution is 5.95. The highest BCUT2D eigenvalue weighted by atomic mass is 16.7. The number of rotatable bonds is 14. The van der Waals surface area contributed by atoms with E-state index < -0.39 is 6.16 Å². The van der Waals surface area contributed by atoms with E-state index in [1.807, 2.05) is 12.1 Å². The minimum atomic E-state index is -0.765. The summed E-state index contributed by atoms with van der Waals surface area (Å²) < 4.78 is 16.3. The number of nitrogens with zero attached hydrogens (tertiary/aromatic N) is 4. The van der Waals surface area contributed by atoms with Gasteiger partial charge in [0.15, 0.2) is 6.73 Å². The third-order valence-corrected chi connectivity index (χ3v) is 8.22. The van der Waals surface area contributed by atoms with Crippen molar-refractivity contribution < 1.29 is 23.8 Å². The standard InChI is InChI=1S/C34H44N4O5/c1-2-3-4-8-25-42-34(40)43-26-38-32(39)18-16-28-15-17-31(35-33(28)38)41-24-9-7-19-36-20-22-37(23-21-36)30-14-10-12-27-11-5-6-13-29(27)30/h5-6,10-15,17H,2-4,7-9,16,18-26H2,1H3. The predicted octanol–water partition coefficient (Wildman–Crippen LogP) is 6.19. The Kier molecular flexibility index (Phi) is 11.1. The molecule has 0 N–H and O–H groups in total. The van der Waals surface area contributed by atoms with Crippen molar-refractivity contribution in [1.82, 2.24) is 9.88 Å². The maximum atomic E-state index is 12.6. The fraction of sp³-hybridized carbons (Fsp3) is 0.500. The Hall–Kier alpha value is -3.85. The topological polar surface area (TPSA) is 84.4 Å². The van der Waals surface area contributed by atoms with E-state index in [4.69, 9.17) is 14.2 Å². The minimum Gasteiger partial charge on any atom is -0.478 e. The van der Waals surface area contributed by atoms with Gasteiger partial charge in [-0.2, -0.15) is 4.98 Å². The van der Waals surface area contributed by atoms with Crippen LogP contribution in [0.25, 0.3) is 10.8 Å². The summed E-state index contributed by atoms with van der Waals surface area (Å²) in [5.41, 5.74) is 2.26. The maximum absolute atomic E-state index is 12.6. The number of benzene rings is 2. The van der Waals surface area contributed by atoms with Crippen LogP contribution in [0.15, 0.2) is 54.6 Å². The quantitative estimate of drug-likeness (QED) is 0.163. The Labute approximate surface area is 254 Å². The summed E-state index contributed by atoms with van der Waals surface area (Å²) in [6.45, 7) is 7.98. The van der Waals surface area contributed by atoms with E-state index in [9.17, 15) is 9.59 Å². The number of aryl methyl sites for hydroxylation is 1. The van der Waals surface area contributed by atoms with E-state index in [-0.39, 0.29) is 12.6 Å². The highest BCUT2D eigenvalue weighted by Crippen LogP contribution is 2.29. The first kappa shape index (κ1) is 30.6. The summed E-state index contributed by atoms with van der Waals surface area (Å²) in [5.74, 6) is 0.836. The molecule has 0 saturated carbocycles. The Morgan fingerprint density at radius 3 is 2.51 bits per heavy atom. The lowest BCUT2D eigenvalue weighted by Gasteiger charge is -2.36. The van der Waals surface area contributed by atoms with Gasteiger partial charge in [0.05, 0.1) is 13.2 Å². The smallest absolute Gasteiger partial charge is 0.478 e. The average Bonchev–Trinajstić information content (AvgIpc) is 3.04. The zero-order chi connectivity index (χ0) is 29.9. The monoisotopic (exact) mass is 588 g/mol. The van der Waals surface area contributed by atoms with Crippen molar-refractivity contribution in [1.29, 1.82) is 0 Å². The van der Waals surface area contributed by atoms with Crippen LogP contribution in [0.3, 0.4) is 0 Å². The van der Waals surface area contributed by atoms with Crippen LogP contribution in [0.1, 0.15) is 57.4 Å². The van der Waals surface area contributed by atoms with Gasteiger partial charge >= 0.3 is 6.16 Å². The molecule has 1 fully saturated rings. The molecular formula is C34H44N4O5. The lowest BCUT2D eigenvalue weighted by atomic mass is 10.1. The van der Waals surface area contributed by atoms with Crippen LogP contribution in [0.2, 0.25) is 0 Å². The molecule has 2 aliphatic heterocycles. The van der Waals surface area contributed by atoms with Crippen LogP contribution in [0.5, 0.6) is 5.88 Å².